The van der Waals surface area contributed by atoms with Gasteiger partial charge in [-0.3, -0.25) is 0 Å². The summed E-state index contributed by atoms with van der Waals surface area (Å²) in [6.45, 7) is -0.155. The van der Waals surface area contributed by atoms with Crippen molar-refractivity contribution in [3.63, 3.8) is 0 Å². The molecule has 4 unspecified atom stereocenters. The summed E-state index contributed by atoms with van der Waals surface area (Å²) in [4.78, 5) is 24.7. The topological polar surface area (TPSA) is 192 Å². The number of esters is 2. The maximum atomic E-state index is 12.4. The van der Waals surface area contributed by atoms with Crippen LogP contribution in [0.4, 0.5) is 0 Å². The normalized spacial score (nSPS) is 24.1. The number of benzene rings is 2. The Hall–Kier alpha value is -3.90. The van der Waals surface area contributed by atoms with E-state index in [1.54, 1.807) is 0 Å². The molecular weight excluding hydrogens is 432 g/mol. The van der Waals surface area contributed by atoms with E-state index < -0.39 is 70.9 Å². The minimum absolute atomic E-state index is 0.0774. The fraction of sp³-hybridized carbons (Fsp3) is 0.300. The van der Waals surface area contributed by atoms with Gasteiger partial charge in [-0.25, -0.2) is 9.59 Å². The molecule has 2 aromatic rings. The van der Waals surface area contributed by atoms with Gasteiger partial charge in [0.2, 0.25) is 0 Å². The summed E-state index contributed by atoms with van der Waals surface area (Å²) in [5.41, 5.74) is -0.427. The Morgan fingerprint density at radius 2 is 0.969 bits per heavy atom. The van der Waals surface area contributed by atoms with E-state index in [0.717, 1.165) is 24.3 Å². The summed E-state index contributed by atoms with van der Waals surface area (Å²) in [5, 5.41) is 56.9. The molecule has 0 saturated carbocycles. The molecule has 12 nitrogen and oxygen atoms in total. The van der Waals surface area contributed by atoms with Crippen LogP contribution >= 0.6 is 0 Å². The van der Waals surface area contributed by atoms with E-state index in [-0.39, 0.29) is 24.3 Å². The van der Waals surface area contributed by atoms with Crippen LogP contribution in [0.25, 0.3) is 0 Å². The van der Waals surface area contributed by atoms with Crippen LogP contribution in [0.15, 0.2) is 24.3 Å². The summed E-state index contributed by atoms with van der Waals surface area (Å²) in [5.74, 6) is -6.18. The van der Waals surface area contributed by atoms with E-state index in [1.807, 2.05) is 0 Å². The number of ether oxygens (including phenoxy) is 4. The second kappa shape index (κ2) is 7.98. The van der Waals surface area contributed by atoms with Gasteiger partial charge >= 0.3 is 11.9 Å². The fourth-order valence-corrected chi connectivity index (χ4v) is 3.49. The van der Waals surface area contributed by atoms with Crippen LogP contribution in [-0.2, 0) is 18.9 Å². The van der Waals surface area contributed by atoms with Crippen molar-refractivity contribution in [3.05, 3.63) is 35.4 Å². The van der Waals surface area contributed by atoms with Crippen LogP contribution in [0.1, 0.15) is 20.7 Å². The Morgan fingerprint density at radius 3 is 1.28 bits per heavy atom. The molecule has 2 aliphatic rings. The first-order chi connectivity index (χ1) is 15.2. The van der Waals surface area contributed by atoms with Crippen molar-refractivity contribution in [3.8, 4) is 34.5 Å². The fourth-order valence-electron chi connectivity index (χ4n) is 3.49. The van der Waals surface area contributed by atoms with Gasteiger partial charge in [-0.15, -0.1) is 0 Å². The second-order valence-corrected chi connectivity index (χ2v) is 7.21. The molecule has 32 heavy (non-hydrogen) atoms. The van der Waals surface area contributed by atoms with Crippen molar-refractivity contribution in [1.29, 1.82) is 0 Å². The number of carbonyl (C=O) groups is 2. The lowest BCUT2D eigenvalue weighted by molar-refractivity contribution is -0.0288. The number of carbonyl (C=O) groups excluding carboxylic acids is 2. The third-order valence-electron chi connectivity index (χ3n) is 5.09. The second-order valence-electron chi connectivity index (χ2n) is 7.21. The van der Waals surface area contributed by atoms with Crippen molar-refractivity contribution in [2.45, 2.75) is 24.4 Å². The van der Waals surface area contributed by atoms with Gasteiger partial charge in [0.1, 0.15) is 12.2 Å². The lowest BCUT2D eigenvalue weighted by atomic mass is 10.1. The van der Waals surface area contributed by atoms with Crippen LogP contribution in [0.3, 0.4) is 0 Å². The van der Waals surface area contributed by atoms with Gasteiger partial charge in [-0.05, 0) is 24.3 Å². The number of hydrogen-bond donors (Lipinski definition) is 6. The number of aromatic hydroxyl groups is 6. The monoisotopic (exact) mass is 450 g/mol. The van der Waals surface area contributed by atoms with Gasteiger partial charge in [-0.2, -0.15) is 0 Å². The highest BCUT2D eigenvalue weighted by atomic mass is 16.7. The molecular formula is C20H18O12. The Morgan fingerprint density at radius 1 is 0.656 bits per heavy atom. The molecule has 0 bridgehead atoms. The molecule has 2 aromatic carbocycles. The predicted octanol–water partition coefficient (Wildman–Crippen LogP) is 0.469. The van der Waals surface area contributed by atoms with E-state index in [0.29, 0.717) is 0 Å². The van der Waals surface area contributed by atoms with Gasteiger partial charge in [0.05, 0.1) is 24.3 Å². The van der Waals surface area contributed by atoms with Crippen molar-refractivity contribution >= 4 is 11.9 Å². The van der Waals surface area contributed by atoms with Gasteiger partial charge in [0, 0.05) is 0 Å². The van der Waals surface area contributed by atoms with Crippen LogP contribution in [0.2, 0.25) is 0 Å². The van der Waals surface area contributed by atoms with E-state index >= 15 is 0 Å². The summed E-state index contributed by atoms with van der Waals surface area (Å²) in [7, 11) is 0. The average Bonchev–Trinajstić information content (AvgIpc) is 3.32. The third-order valence-corrected chi connectivity index (χ3v) is 5.09. The number of rotatable bonds is 4. The van der Waals surface area contributed by atoms with E-state index in [9.17, 15) is 40.2 Å². The van der Waals surface area contributed by atoms with Gasteiger partial charge in [-0.1, -0.05) is 0 Å². The number of hydrogen-bond acceptors (Lipinski definition) is 12. The molecule has 2 saturated heterocycles. The van der Waals surface area contributed by atoms with Crippen LogP contribution in [-0.4, -0.2) is 80.2 Å². The quantitative estimate of drug-likeness (QED) is 0.279. The van der Waals surface area contributed by atoms with Crippen molar-refractivity contribution in [1.82, 2.24) is 0 Å². The van der Waals surface area contributed by atoms with Gasteiger partial charge in [0.25, 0.3) is 0 Å². The van der Waals surface area contributed by atoms with Crippen LogP contribution in [0, 0.1) is 0 Å². The molecule has 2 aliphatic heterocycles. The molecule has 6 N–H and O–H groups in total. The van der Waals surface area contributed by atoms with E-state index in [4.69, 9.17) is 18.9 Å². The molecule has 0 aromatic heterocycles. The number of fused-ring (bicyclic) bond motifs is 1. The van der Waals surface area contributed by atoms with Gasteiger partial charge < -0.3 is 49.6 Å². The molecule has 2 fully saturated rings. The van der Waals surface area contributed by atoms with Gasteiger partial charge in [0.15, 0.2) is 46.7 Å². The highest BCUT2D eigenvalue weighted by Crippen LogP contribution is 2.38. The van der Waals surface area contributed by atoms with Crippen molar-refractivity contribution in [2.75, 3.05) is 13.2 Å². The lowest BCUT2D eigenvalue weighted by Gasteiger charge is -2.17. The van der Waals surface area contributed by atoms with Crippen LogP contribution in [0.5, 0.6) is 34.5 Å². The Kier molecular flexibility index (Phi) is 5.32. The SMILES string of the molecule is O=C(OC1COC2C(OC(=O)c3cc(O)c(O)c(O)c3)COC12)c1cc(O)c(O)c(O)c1. The lowest BCUT2D eigenvalue weighted by Crippen LogP contribution is -2.36. The maximum absolute atomic E-state index is 12.4. The zero-order valence-electron chi connectivity index (χ0n) is 16.2. The number of phenols is 6. The molecule has 170 valence electrons. The first kappa shape index (κ1) is 21.3. The van der Waals surface area contributed by atoms with Crippen LogP contribution < -0.4 is 0 Å². The largest absolute Gasteiger partial charge is 0.504 e. The maximum Gasteiger partial charge on any atom is 0.338 e. The summed E-state index contributed by atoms with van der Waals surface area (Å²) in [6, 6.07) is 3.70. The molecule has 12 heteroatoms. The standard InChI is InChI=1S/C20H18O12/c21-9-1-7(2-10(22)15(9)25)19(27)31-13-5-29-18-14(6-30-17(13)18)32-20(28)8-3-11(23)16(26)12(24)4-8/h1-4,13-14,17-18,21-26H,5-6H2. The average molecular weight is 450 g/mol. The Labute approximate surface area is 179 Å². The molecule has 4 rings (SSSR count). The highest BCUT2D eigenvalue weighted by molar-refractivity contribution is 5.92. The summed E-state index contributed by atoms with van der Waals surface area (Å²) in [6.07, 6.45) is -3.29. The molecule has 0 radical (unpaired) electrons. The zero-order valence-corrected chi connectivity index (χ0v) is 16.2. The Bertz CT molecular complexity index is 949. The Balaban J connectivity index is 1.40. The molecule has 2 heterocycles. The summed E-state index contributed by atoms with van der Waals surface area (Å²) < 4.78 is 21.7. The van der Waals surface area contributed by atoms with E-state index in [1.165, 1.54) is 0 Å². The minimum atomic E-state index is -0.913. The summed E-state index contributed by atoms with van der Waals surface area (Å²) >= 11 is 0. The molecule has 4 atom stereocenters. The van der Waals surface area contributed by atoms with E-state index in [2.05, 4.69) is 0 Å². The highest BCUT2D eigenvalue weighted by Gasteiger charge is 2.51. The molecule has 0 spiro atoms. The van der Waals surface area contributed by atoms with Crippen molar-refractivity contribution in [2.24, 2.45) is 0 Å². The first-order valence-corrected chi connectivity index (χ1v) is 9.30. The zero-order chi connectivity index (χ0) is 23.2. The minimum Gasteiger partial charge on any atom is -0.504 e. The smallest absolute Gasteiger partial charge is 0.338 e. The van der Waals surface area contributed by atoms with Crippen molar-refractivity contribution < 1.29 is 59.2 Å². The number of phenolic OH excluding ortho intramolecular Hbond substituents is 6. The first-order valence-electron chi connectivity index (χ1n) is 9.30. The predicted molar refractivity (Wildman–Crippen MR) is 101 cm³/mol. The molecule has 0 aliphatic carbocycles. The third kappa shape index (κ3) is 3.76. The molecule has 0 amide bonds.